The van der Waals surface area contributed by atoms with Crippen LogP contribution in [0, 0.1) is 0 Å². The summed E-state index contributed by atoms with van der Waals surface area (Å²) in [5.41, 5.74) is 1.05. The van der Waals surface area contributed by atoms with Gasteiger partial charge in [0.1, 0.15) is 12.9 Å². The van der Waals surface area contributed by atoms with Gasteiger partial charge in [-0.3, -0.25) is 4.68 Å². The van der Waals surface area contributed by atoms with Crippen LogP contribution in [-0.2, 0) is 13.7 Å². The van der Waals surface area contributed by atoms with Gasteiger partial charge in [0, 0.05) is 17.8 Å². The molecule has 0 aliphatic carbocycles. The van der Waals surface area contributed by atoms with Crippen LogP contribution in [0.15, 0.2) is 41.2 Å². The smallest absolute Gasteiger partial charge is 0.311 e. The first kappa shape index (κ1) is 17.1. The molecule has 4 heterocycles. The Bertz CT molecular complexity index is 1310. The molecule has 0 radical (unpaired) electrons. The van der Waals surface area contributed by atoms with Crippen molar-refractivity contribution in [1.29, 1.82) is 0 Å². The van der Waals surface area contributed by atoms with Crippen LogP contribution in [0.4, 0.5) is 0 Å². The summed E-state index contributed by atoms with van der Waals surface area (Å²) in [4.78, 5) is 4.18. The summed E-state index contributed by atoms with van der Waals surface area (Å²) < 4.78 is 19.7. The zero-order valence-corrected chi connectivity index (χ0v) is 15.7. The number of fused-ring (bicyclic) bond motifs is 3. The third-order valence-electron chi connectivity index (χ3n) is 4.38. The number of benzene rings is 1. The van der Waals surface area contributed by atoms with Crippen molar-refractivity contribution in [1.82, 2.24) is 39.7 Å². The summed E-state index contributed by atoms with van der Waals surface area (Å²) in [6.45, 7) is 2.55. The van der Waals surface area contributed by atoms with E-state index < -0.39 is 0 Å². The van der Waals surface area contributed by atoms with Gasteiger partial charge in [0.25, 0.3) is 0 Å². The van der Waals surface area contributed by atoms with Gasteiger partial charge in [0.05, 0.1) is 12.7 Å². The minimum absolute atomic E-state index is 0.217. The maximum atomic E-state index is 5.98. The Labute approximate surface area is 163 Å². The van der Waals surface area contributed by atoms with Crippen molar-refractivity contribution < 1.29 is 14.0 Å². The SMILES string of the molecule is CCOc1cc(-c2nnc3c4ccccc4c(OCc4ncnn4C)nn23)no1. The molecule has 11 nitrogen and oxygen atoms in total. The third-order valence-corrected chi connectivity index (χ3v) is 4.38. The number of ether oxygens (including phenoxy) is 2. The molecule has 0 aliphatic heterocycles. The van der Waals surface area contributed by atoms with E-state index in [9.17, 15) is 0 Å². The van der Waals surface area contributed by atoms with Gasteiger partial charge >= 0.3 is 5.95 Å². The highest BCUT2D eigenvalue weighted by molar-refractivity contribution is 5.96. The fourth-order valence-corrected chi connectivity index (χ4v) is 2.98. The van der Waals surface area contributed by atoms with Gasteiger partial charge in [-0.05, 0) is 13.0 Å². The van der Waals surface area contributed by atoms with E-state index in [1.54, 1.807) is 22.3 Å². The highest BCUT2D eigenvalue weighted by Crippen LogP contribution is 2.29. The van der Waals surface area contributed by atoms with Gasteiger partial charge in [-0.15, -0.1) is 15.3 Å². The number of rotatable bonds is 6. The Morgan fingerprint density at radius 2 is 1.97 bits per heavy atom. The van der Waals surface area contributed by atoms with Crippen molar-refractivity contribution in [3.8, 4) is 23.3 Å². The second-order valence-electron chi connectivity index (χ2n) is 6.16. The largest absolute Gasteiger partial charge is 0.468 e. The van der Waals surface area contributed by atoms with Crippen LogP contribution in [0.2, 0.25) is 0 Å². The fraction of sp³-hybridized carbons (Fsp3) is 0.222. The van der Waals surface area contributed by atoms with Crippen molar-refractivity contribution in [2.75, 3.05) is 6.61 Å². The monoisotopic (exact) mass is 392 g/mol. The molecule has 1 aromatic carbocycles. The standard InChI is InChI=1S/C18H16N8O3/c1-3-27-15-8-13(24-29-15)17-22-21-16-11-6-4-5-7-12(11)18(23-26(16)17)28-9-14-19-10-20-25(14)2/h4-8,10H,3,9H2,1-2H3. The molecule has 0 saturated carbocycles. The normalized spacial score (nSPS) is 11.4. The second-order valence-corrected chi connectivity index (χ2v) is 6.16. The first-order valence-corrected chi connectivity index (χ1v) is 8.94. The molecule has 0 fully saturated rings. The Kier molecular flexibility index (Phi) is 4.04. The quantitative estimate of drug-likeness (QED) is 0.427. The molecule has 5 rings (SSSR count). The topological polar surface area (TPSA) is 118 Å². The van der Waals surface area contributed by atoms with Gasteiger partial charge in [0.2, 0.25) is 11.7 Å². The number of aromatic nitrogens is 8. The molecule has 29 heavy (non-hydrogen) atoms. The molecule has 0 amide bonds. The van der Waals surface area contributed by atoms with E-state index in [-0.39, 0.29) is 6.61 Å². The Morgan fingerprint density at radius 1 is 1.10 bits per heavy atom. The number of hydrogen-bond acceptors (Lipinski definition) is 9. The van der Waals surface area contributed by atoms with E-state index in [4.69, 9.17) is 14.0 Å². The van der Waals surface area contributed by atoms with Crippen molar-refractivity contribution in [3.05, 3.63) is 42.5 Å². The summed E-state index contributed by atoms with van der Waals surface area (Å²) >= 11 is 0. The average Bonchev–Trinajstić information content (AvgIpc) is 3.46. The van der Waals surface area contributed by atoms with Crippen molar-refractivity contribution >= 4 is 16.4 Å². The Balaban J connectivity index is 1.62. The third kappa shape index (κ3) is 2.92. The van der Waals surface area contributed by atoms with E-state index in [0.717, 1.165) is 10.8 Å². The van der Waals surface area contributed by atoms with Crippen LogP contribution in [0.25, 0.3) is 27.9 Å². The number of hydrogen-bond donors (Lipinski definition) is 0. The van der Waals surface area contributed by atoms with Gasteiger partial charge < -0.3 is 14.0 Å². The molecule has 0 unspecified atom stereocenters. The van der Waals surface area contributed by atoms with Crippen LogP contribution in [-0.4, -0.2) is 46.3 Å². The molecular weight excluding hydrogens is 376 g/mol. The van der Waals surface area contributed by atoms with Crippen molar-refractivity contribution in [2.45, 2.75) is 13.5 Å². The minimum Gasteiger partial charge on any atom is -0.468 e. The van der Waals surface area contributed by atoms with E-state index in [2.05, 4.69) is 30.5 Å². The van der Waals surface area contributed by atoms with Crippen LogP contribution < -0.4 is 9.47 Å². The van der Waals surface area contributed by atoms with Crippen molar-refractivity contribution in [2.24, 2.45) is 7.05 Å². The lowest BCUT2D eigenvalue weighted by Gasteiger charge is -2.09. The summed E-state index contributed by atoms with van der Waals surface area (Å²) in [5.74, 6) is 1.83. The molecule has 11 heteroatoms. The summed E-state index contributed by atoms with van der Waals surface area (Å²) in [7, 11) is 1.80. The molecular formula is C18H16N8O3. The molecule has 0 bridgehead atoms. The molecule has 0 aliphatic rings. The lowest BCUT2D eigenvalue weighted by atomic mass is 10.2. The molecule has 146 valence electrons. The molecule has 0 N–H and O–H groups in total. The van der Waals surface area contributed by atoms with E-state index in [1.165, 1.54) is 6.33 Å². The molecule has 5 aromatic rings. The first-order valence-electron chi connectivity index (χ1n) is 8.94. The lowest BCUT2D eigenvalue weighted by Crippen LogP contribution is -2.07. The Hall–Kier alpha value is -4.02. The van der Waals surface area contributed by atoms with Gasteiger partial charge in [-0.25, -0.2) is 4.98 Å². The molecule has 0 spiro atoms. The van der Waals surface area contributed by atoms with Crippen LogP contribution in [0.1, 0.15) is 12.7 Å². The van der Waals surface area contributed by atoms with Gasteiger partial charge in [-0.2, -0.15) is 9.61 Å². The van der Waals surface area contributed by atoms with Gasteiger partial charge in [0.15, 0.2) is 17.2 Å². The molecule has 4 aromatic heterocycles. The predicted molar refractivity (Wildman–Crippen MR) is 100 cm³/mol. The van der Waals surface area contributed by atoms with Crippen LogP contribution in [0.3, 0.4) is 0 Å². The number of nitrogens with zero attached hydrogens (tertiary/aromatic N) is 8. The lowest BCUT2D eigenvalue weighted by molar-refractivity contribution is 0.226. The highest BCUT2D eigenvalue weighted by Gasteiger charge is 2.19. The highest BCUT2D eigenvalue weighted by atomic mass is 16.6. The summed E-state index contributed by atoms with van der Waals surface area (Å²) in [5, 5.41) is 22.9. The van der Waals surface area contributed by atoms with E-state index in [1.807, 2.05) is 31.2 Å². The number of aryl methyl sites for hydroxylation is 1. The molecule has 0 atom stereocenters. The zero-order valence-electron chi connectivity index (χ0n) is 15.7. The van der Waals surface area contributed by atoms with Crippen LogP contribution >= 0.6 is 0 Å². The Morgan fingerprint density at radius 3 is 2.76 bits per heavy atom. The minimum atomic E-state index is 0.217. The van der Waals surface area contributed by atoms with E-state index in [0.29, 0.717) is 41.4 Å². The average molecular weight is 392 g/mol. The van der Waals surface area contributed by atoms with E-state index >= 15 is 0 Å². The molecule has 0 saturated heterocycles. The maximum absolute atomic E-state index is 5.98. The summed E-state index contributed by atoms with van der Waals surface area (Å²) in [6.07, 6.45) is 1.48. The van der Waals surface area contributed by atoms with Gasteiger partial charge in [-0.1, -0.05) is 23.4 Å². The van der Waals surface area contributed by atoms with Crippen LogP contribution in [0.5, 0.6) is 11.8 Å². The maximum Gasteiger partial charge on any atom is 0.311 e. The zero-order chi connectivity index (χ0) is 19.8. The summed E-state index contributed by atoms with van der Waals surface area (Å²) in [6, 6.07) is 9.35. The second kappa shape index (κ2) is 6.86. The predicted octanol–water partition coefficient (Wildman–Crippen LogP) is 2.04. The van der Waals surface area contributed by atoms with Crippen molar-refractivity contribution in [3.63, 3.8) is 0 Å². The fourth-order valence-electron chi connectivity index (χ4n) is 2.98. The first-order chi connectivity index (χ1) is 14.2.